The van der Waals surface area contributed by atoms with Gasteiger partial charge in [-0.25, -0.2) is 4.39 Å². The molecule has 0 N–H and O–H groups in total. The second-order valence-corrected chi connectivity index (χ2v) is 10.7. The fourth-order valence-electron chi connectivity index (χ4n) is 5.49. The van der Waals surface area contributed by atoms with E-state index >= 15 is 0 Å². The van der Waals surface area contributed by atoms with Crippen LogP contribution >= 0.6 is 0 Å². The van der Waals surface area contributed by atoms with Crippen LogP contribution < -0.4 is 9.64 Å². The Labute approximate surface area is 231 Å². The average molecular weight is 556 g/mol. The lowest BCUT2D eigenvalue weighted by Gasteiger charge is -2.34. The van der Waals surface area contributed by atoms with Crippen molar-refractivity contribution in [2.24, 2.45) is 5.92 Å². The Kier molecular flexibility index (Phi) is 8.69. The number of halogens is 4. The number of ether oxygens (including phenoxy) is 1. The zero-order valence-corrected chi connectivity index (χ0v) is 22.2. The molecule has 9 heteroatoms. The summed E-state index contributed by atoms with van der Waals surface area (Å²) in [5.41, 5.74) is 1.62. The maximum absolute atomic E-state index is 13.1. The van der Waals surface area contributed by atoms with E-state index in [9.17, 15) is 22.4 Å². The largest absolute Gasteiger partial charge is 0.490 e. The van der Waals surface area contributed by atoms with E-state index in [1.54, 1.807) is 18.3 Å². The van der Waals surface area contributed by atoms with Crippen LogP contribution in [0.15, 0.2) is 66.9 Å². The molecule has 0 amide bonds. The maximum Gasteiger partial charge on any atom is 0.416 e. The van der Waals surface area contributed by atoms with Crippen molar-refractivity contribution in [1.29, 1.82) is 0 Å². The van der Waals surface area contributed by atoms with Gasteiger partial charge < -0.3 is 9.64 Å². The Balaban J connectivity index is 1.07. The Hall–Kier alpha value is -3.46. The van der Waals surface area contributed by atoms with Gasteiger partial charge in [0.1, 0.15) is 23.4 Å². The summed E-state index contributed by atoms with van der Waals surface area (Å²) in [4.78, 5) is 21.7. The molecule has 0 unspecified atom stereocenters. The lowest BCUT2D eigenvalue weighted by molar-refractivity contribution is -0.137. The quantitative estimate of drug-likeness (QED) is 0.227. The van der Waals surface area contributed by atoms with Crippen molar-refractivity contribution in [3.05, 3.63) is 89.5 Å². The van der Waals surface area contributed by atoms with Crippen LogP contribution in [0.25, 0.3) is 0 Å². The van der Waals surface area contributed by atoms with Gasteiger partial charge in [-0.05, 0) is 79.9 Å². The Bertz CT molecular complexity index is 1260. The molecule has 0 aliphatic carbocycles. The normalized spacial score (nSPS) is 17.6. The first-order valence-electron chi connectivity index (χ1n) is 13.8. The number of alkyl halides is 3. The van der Waals surface area contributed by atoms with Crippen LogP contribution in [0.5, 0.6) is 5.75 Å². The molecule has 1 aromatic heterocycles. The van der Waals surface area contributed by atoms with Gasteiger partial charge in [-0.1, -0.05) is 12.1 Å². The molecule has 2 aliphatic rings. The lowest BCUT2D eigenvalue weighted by Crippen LogP contribution is -2.38. The van der Waals surface area contributed by atoms with Gasteiger partial charge >= 0.3 is 6.18 Å². The SMILES string of the molecule is O=C(CC1CCN(Cc2ccc(F)cc2)CC1)c1cc(OC2CCN(c3ccc(C(F)(F)F)cc3)CC2)ccn1. The molecule has 0 radical (unpaired) electrons. The molecule has 2 aromatic carbocycles. The summed E-state index contributed by atoms with van der Waals surface area (Å²) in [5.74, 6) is 0.698. The number of ketones is 1. The minimum absolute atomic E-state index is 0.0135. The monoisotopic (exact) mass is 555 g/mol. The van der Waals surface area contributed by atoms with Gasteiger partial charge in [-0.15, -0.1) is 0 Å². The van der Waals surface area contributed by atoms with E-state index in [2.05, 4.69) is 14.8 Å². The predicted octanol–water partition coefficient (Wildman–Crippen LogP) is 6.77. The van der Waals surface area contributed by atoms with Crippen molar-refractivity contribution >= 4 is 11.5 Å². The molecule has 40 heavy (non-hydrogen) atoms. The molecular formula is C31H33F4N3O2. The van der Waals surface area contributed by atoms with E-state index in [4.69, 9.17) is 4.74 Å². The van der Waals surface area contributed by atoms with Crippen LogP contribution in [-0.2, 0) is 12.7 Å². The fourth-order valence-corrected chi connectivity index (χ4v) is 5.49. The summed E-state index contributed by atoms with van der Waals surface area (Å²) in [6.45, 7) is 3.93. The Morgan fingerprint density at radius 2 is 1.57 bits per heavy atom. The van der Waals surface area contributed by atoms with Crippen LogP contribution in [-0.4, -0.2) is 48.0 Å². The molecule has 0 atom stereocenters. The molecule has 212 valence electrons. The first-order chi connectivity index (χ1) is 19.2. The van der Waals surface area contributed by atoms with Crippen molar-refractivity contribution in [3.63, 3.8) is 0 Å². The number of nitrogens with zero attached hydrogens (tertiary/aromatic N) is 3. The highest BCUT2D eigenvalue weighted by molar-refractivity contribution is 5.94. The molecule has 2 saturated heterocycles. The third-order valence-electron chi connectivity index (χ3n) is 7.82. The second-order valence-electron chi connectivity index (χ2n) is 10.7. The van der Waals surface area contributed by atoms with Gasteiger partial charge in [0.25, 0.3) is 0 Å². The first-order valence-corrected chi connectivity index (χ1v) is 13.8. The number of hydrogen-bond acceptors (Lipinski definition) is 5. The number of piperidine rings is 2. The number of benzene rings is 2. The first kappa shape index (κ1) is 28.1. The molecule has 2 fully saturated rings. The molecule has 0 saturated carbocycles. The Morgan fingerprint density at radius 1 is 0.900 bits per heavy atom. The molecule has 5 nitrogen and oxygen atoms in total. The third kappa shape index (κ3) is 7.38. The highest BCUT2D eigenvalue weighted by Gasteiger charge is 2.30. The number of pyridine rings is 1. The zero-order chi connectivity index (χ0) is 28.1. The van der Waals surface area contributed by atoms with E-state index in [1.165, 1.54) is 24.3 Å². The topological polar surface area (TPSA) is 45.7 Å². The zero-order valence-electron chi connectivity index (χ0n) is 22.2. The number of Topliss-reactive ketones (excluding diaryl/α,β-unsaturated/α-hetero) is 1. The highest BCUT2D eigenvalue weighted by atomic mass is 19.4. The van der Waals surface area contributed by atoms with Crippen LogP contribution in [0.4, 0.5) is 23.2 Å². The van der Waals surface area contributed by atoms with Gasteiger partial charge in [0.15, 0.2) is 5.78 Å². The maximum atomic E-state index is 13.1. The summed E-state index contributed by atoms with van der Waals surface area (Å²) >= 11 is 0. The summed E-state index contributed by atoms with van der Waals surface area (Å²) in [6, 6.07) is 15.3. The molecule has 0 spiro atoms. The van der Waals surface area contributed by atoms with Crippen LogP contribution in [0.1, 0.15) is 53.7 Å². The predicted molar refractivity (Wildman–Crippen MR) is 145 cm³/mol. The standard InChI is InChI=1S/C31H33F4N3O2/c32-25-5-1-23(2-6-25)21-37-15-10-22(11-16-37)19-30(39)29-20-28(9-14-36-29)40-27-12-17-38(18-13-27)26-7-3-24(4-8-26)31(33,34)35/h1-9,14,20,22,27H,10-13,15-19,21H2. The fraction of sp³-hybridized carbons (Fsp3) is 0.419. The lowest BCUT2D eigenvalue weighted by atomic mass is 9.90. The van der Waals surface area contributed by atoms with Gasteiger partial charge in [-0.2, -0.15) is 13.2 Å². The molecule has 0 bridgehead atoms. The van der Waals surface area contributed by atoms with Crippen LogP contribution in [0, 0.1) is 11.7 Å². The van der Waals surface area contributed by atoms with E-state index < -0.39 is 11.7 Å². The summed E-state index contributed by atoms with van der Waals surface area (Å²) in [6.07, 6.45) is 0.987. The number of carbonyl (C=O) groups is 1. The molecule has 5 rings (SSSR count). The number of rotatable bonds is 8. The van der Waals surface area contributed by atoms with Crippen molar-refractivity contribution in [2.45, 2.75) is 50.9 Å². The summed E-state index contributed by atoms with van der Waals surface area (Å²) < 4.78 is 57.8. The molecule has 2 aliphatic heterocycles. The number of aromatic nitrogens is 1. The highest BCUT2D eigenvalue weighted by Crippen LogP contribution is 2.31. The second kappa shape index (κ2) is 12.4. The number of hydrogen-bond donors (Lipinski definition) is 0. The molecule has 3 heterocycles. The van der Waals surface area contributed by atoms with Gasteiger partial charge in [-0.3, -0.25) is 14.7 Å². The number of anilines is 1. The van der Waals surface area contributed by atoms with Crippen molar-refractivity contribution < 1.29 is 27.1 Å². The summed E-state index contributed by atoms with van der Waals surface area (Å²) in [5, 5.41) is 0. The van der Waals surface area contributed by atoms with Crippen molar-refractivity contribution in [3.8, 4) is 5.75 Å². The molecule has 3 aromatic rings. The number of likely N-dealkylation sites (tertiary alicyclic amines) is 1. The van der Waals surface area contributed by atoms with Gasteiger partial charge in [0.2, 0.25) is 0 Å². The van der Waals surface area contributed by atoms with Crippen LogP contribution in [0.3, 0.4) is 0 Å². The minimum atomic E-state index is -4.34. The van der Waals surface area contributed by atoms with E-state index in [0.717, 1.165) is 68.7 Å². The smallest absolute Gasteiger partial charge is 0.416 e. The van der Waals surface area contributed by atoms with Crippen molar-refractivity contribution in [1.82, 2.24) is 9.88 Å². The van der Waals surface area contributed by atoms with E-state index in [-0.39, 0.29) is 17.7 Å². The van der Waals surface area contributed by atoms with Gasteiger partial charge in [0.05, 0.1) is 5.56 Å². The van der Waals surface area contributed by atoms with Crippen LogP contribution in [0.2, 0.25) is 0 Å². The number of carbonyl (C=O) groups excluding carboxylic acids is 1. The van der Waals surface area contributed by atoms with E-state index in [0.29, 0.717) is 36.9 Å². The Morgan fingerprint density at radius 3 is 2.23 bits per heavy atom. The van der Waals surface area contributed by atoms with Crippen molar-refractivity contribution in [2.75, 3.05) is 31.1 Å². The third-order valence-corrected chi connectivity index (χ3v) is 7.82. The molecular weight excluding hydrogens is 522 g/mol. The minimum Gasteiger partial charge on any atom is -0.490 e. The average Bonchev–Trinajstić information content (AvgIpc) is 2.95. The summed E-state index contributed by atoms with van der Waals surface area (Å²) in [7, 11) is 0. The van der Waals surface area contributed by atoms with Gasteiger partial charge in [0, 0.05) is 56.8 Å². The van der Waals surface area contributed by atoms with E-state index in [1.807, 2.05) is 12.1 Å².